The van der Waals surface area contributed by atoms with Crippen molar-refractivity contribution in [3.05, 3.63) is 30.3 Å². The first-order chi connectivity index (χ1) is 9.17. The van der Waals surface area contributed by atoms with Crippen molar-refractivity contribution < 1.29 is 4.79 Å². The fourth-order valence-corrected chi connectivity index (χ4v) is 3.15. The molecule has 2 saturated heterocycles. The van der Waals surface area contributed by atoms with Crippen molar-refractivity contribution in [2.75, 3.05) is 25.0 Å². The molecule has 2 heterocycles. The molecule has 5 heteroatoms. The molecule has 1 unspecified atom stereocenters. The number of hydrogen-bond acceptors (Lipinski definition) is 2. The van der Waals surface area contributed by atoms with Crippen molar-refractivity contribution in [3.63, 3.8) is 0 Å². The summed E-state index contributed by atoms with van der Waals surface area (Å²) in [4.78, 5) is 13.6. The maximum atomic E-state index is 11.4. The van der Waals surface area contributed by atoms with Gasteiger partial charge in [-0.15, -0.1) is 0 Å². The van der Waals surface area contributed by atoms with Gasteiger partial charge in [-0.1, -0.05) is 18.2 Å². The topological polar surface area (TPSA) is 44.4 Å². The van der Waals surface area contributed by atoms with E-state index >= 15 is 0 Å². The lowest BCUT2D eigenvalue weighted by Gasteiger charge is -2.24. The molecule has 0 aliphatic carbocycles. The summed E-state index contributed by atoms with van der Waals surface area (Å²) in [5.74, 6) is 0.170. The summed E-state index contributed by atoms with van der Waals surface area (Å²) < 4.78 is 0. The lowest BCUT2D eigenvalue weighted by Crippen LogP contribution is -2.35. The largest absolute Gasteiger partial charge is 0.355 e. The standard InChI is InChI=1S/C14H17N3OS/c18-12-8-14(9-15-12)6-7-17(10-14)13(19)16-11-4-2-1-3-5-11/h1-5H,6-10H2,(H,15,18)(H,16,19). The third-order valence-corrected chi connectivity index (χ3v) is 4.31. The highest BCUT2D eigenvalue weighted by molar-refractivity contribution is 7.80. The smallest absolute Gasteiger partial charge is 0.220 e. The second kappa shape index (κ2) is 4.81. The minimum Gasteiger partial charge on any atom is -0.355 e. The third-order valence-electron chi connectivity index (χ3n) is 3.95. The normalized spacial score (nSPS) is 25.7. The number of thiocarbonyl (C=S) groups is 1. The number of carbonyl (C=O) groups excluding carboxylic acids is 1. The Morgan fingerprint density at radius 1 is 1.37 bits per heavy atom. The molecule has 19 heavy (non-hydrogen) atoms. The van der Waals surface area contributed by atoms with Crippen LogP contribution in [0, 0.1) is 5.41 Å². The second-order valence-corrected chi connectivity index (χ2v) is 5.81. The Morgan fingerprint density at radius 2 is 2.16 bits per heavy atom. The van der Waals surface area contributed by atoms with E-state index in [0.29, 0.717) is 6.42 Å². The first-order valence-electron chi connectivity index (χ1n) is 6.55. The first-order valence-corrected chi connectivity index (χ1v) is 6.95. The van der Waals surface area contributed by atoms with Crippen LogP contribution in [0.5, 0.6) is 0 Å². The number of anilines is 1. The number of para-hydroxylation sites is 1. The molecule has 1 spiro atoms. The highest BCUT2D eigenvalue weighted by Crippen LogP contribution is 2.36. The van der Waals surface area contributed by atoms with Crippen LogP contribution in [0.4, 0.5) is 5.69 Å². The Kier molecular flexibility index (Phi) is 3.14. The van der Waals surface area contributed by atoms with Gasteiger partial charge in [0.1, 0.15) is 0 Å². The highest BCUT2D eigenvalue weighted by Gasteiger charge is 2.44. The molecule has 0 radical (unpaired) electrons. The molecule has 4 nitrogen and oxygen atoms in total. The lowest BCUT2D eigenvalue weighted by atomic mass is 9.86. The fourth-order valence-electron chi connectivity index (χ4n) is 2.87. The quantitative estimate of drug-likeness (QED) is 0.764. The van der Waals surface area contributed by atoms with Crippen LogP contribution in [-0.4, -0.2) is 35.6 Å². The van der Waals surface area contributed by atoms with E-state index in [-0.39, 0.29) is 11.3 Å². The Balaban J connectivity index is 1.62. The van der Waals surface area contributed by atoms with Crippen molar-refractivity contribution in [1.82, 2.24) is 10.2 Å². The SMILES string of the molecule is O=C1CC2(CCN(C(=S)Nc3ccccc3)C2)CN1. The summed E-state index contributed by atoms with van der Waals surface area (Å²) in [7, 11) is 0. The lowest BCUT2D eigenvalue weighted by molar-refractivity contribution is -0.119. The number of carbonyl (C=O) groups is 1. The van der Waals surface area contributed by atoms with Gasteiger partial charge in [0.2, 0.25) is 5.91 Å². The Bertz CT molecular complexity index is 505. The van der Waals surface area contributed by atoms with E-state index in [1.165, 1.54) is 0 Å². The molecule has 0 saturated carbocycles. The maximum Gasteiger partial charge on any atom is 0.220 e. The average Bonchev–Trinajstić information content (AvgIpc) is 2.98. The van der Waals surface area contributed by atoms with Gasteiger partial charge in [0.05, 0.1) is 0 Å². The van der Waals surface area contributed by atoms with Gasteiger partial charge in [-0.3, -0.25) is 4.79 Å². The van der Waals surface area contributed by atoms with E-state index < -0.39 is 0 Å². The summed E-state index contributed by atoms with van der Waals surface area (Å²) in [5.41, 5.74) is 1.11. The third kappa shape index (κ3) is 2.56. The Labute approximate surface area is 118 Å². The zero-order valence-corrected chi connectivity index (χ0v) is 11.5. The van der Waals surface area contributed by atoms with Crippen LogP contribution in [0.25, 0.3) is 0 Å². The van der Waals surface area contributed by atoms with E-state index in [2.05, 4.69) is 15.5 Å². The number of nitrogens with one attached hydrogen (secondary N) is 2. The predicted molar refractivity (Wildman–Crippen MR) is 78.9 cm³/mol. The zero-order chi connectivity index (χ0) is 13.3. The van der Waals surface area contributed by atoms with E-state index in [4.69, 9.17) is 12.2 Å². The van der Waals surface area contributed by atoms with Gasteiger partial charge < -0.3 is 15.5 Å². The van der Waals surface area contributed by atoms with Gasteiger partial charge in [0, 0.05) is 37.2 Å². The number of rotatable bonds is 1. The monoisotopic (exact) mass is 275 g/mol. The van der Waals surface area contributed by atoms with Crippen LogP contribution >= 0.6 is 12.2 Å². The minimum absolute atomic E-state index is 0.0967. The van der Waals surface area contributed by atoms with E-state index in [9.17, 15) is 4.79 Å². The molecule has 0 bridgehead atoms. The highest BCUT2D eigenvalue weighted by atomic mass is 32.1. The average molecular weight is 275 g/mol. The zero-order valence-electron chi connectivity index (χ0n) is 10.7. The fraction of sp³-hybridized carbons (Fsp3) is 0.429. The number of nitrogens with zero attached hydrogens (tertiary/aromatic N) is 1. The van der Waals surface area contributed by atoms with Crippen molar-refractivity contribution in [1.29, 1.82) is 0 Å². The van der Waals surface area contributed by atoms with Gasteiger partial charge >= 0.3 is 0 Å². The van der Waals surface area contributed by atoms with E-state index in [1.807, 2.05) is 30.3 Å². The number of likely N-dealkylation sites (tertiary alicyclic amines) is 1. The van der Waals surface area contributed by atoms with Gasteiger partial charge in [-0.25, -0.2) is 0 Å². The molecule has 1 amide bonds. The Morgan fingerprint density at radius 3 is 2.84 bits per heavy atom. The van der Waals surface area contributed by atoms with E-state index in [0.717, 1.165) is 36.9 Å². The molecule has 2 aliphatic heterocycles. The molecule has 3 rings (SSSR count). The molecular formula is C14H17N3OS. The predicted octanol–water partition coefficient (Wildman–Crippen LogP) is 1.60. The second-order valence-electron chi connectivity index (χ2n) is 5.42. The van der Waals surface area contributed by atoms with Crippen LogP contribution in [0.2, 0.25) is 0 Å². The molecule has 2 aliphatic rings. The van der Waals surface area contributed by atoms with E-state index in [1.54, 1.807) is 0 Å². The number of benzene rings is 1. The molecular weight excluding hydrogens is 258 g/mol. The molecule has 1 aromatic carbocycles. The van der Waals surface area contributed by atoms with Gasteiger partial charge in [-0.05, 0) is 30.8 Å². The van der Waals surface area contributed by atoms with Gasteiger partial charge in [-0.2, -0.15) is 0 Å². The van der Waals surface area contributed by atoms with Crippen LogP contribution in [0.3, 0.4) is 0 Å². The minimum atomic E-state index is 0.0967. The number of amides is 1. The van der Waals surface area contributed by atoms with Crippen LogP contribution in [0.15, 0.2) is 30.3 Å². The molecule has 0 aromatic heterocycles. The van der Waals surface area contributed by atoms with Crippen molar-refractivity contribution in [2.24, 2.45) is 5.41 Å². The molecule has 2 N–H and O–H groups in total. The number of hydrogen-bond donors (Lipinski definition) is 2. The summed E-state index contributed by atoms with van der Waals surface area (Å²) >= 11 is 5.45. The molecule has 2 fully saturated rings. The van der Waals surface area contributed by atoms with Crippen LogP contribution in [-0.2, 0) is 4.79 Å². The molecule has 1 atom stereocenters. The van der Waals surface area contributed by atoms with Crippen molar-refractivity contribution in [2.45, 2.75) is 12.8 Å². The van der Waals surface area contributed by atoms with Crippen LogP contribution in [0.1, 0.15) is 12.8 Å². The molecule has 1 aromatic rings. The van der Waals surface area contributed by atoms with Gasteiger partial charge in [0.25, 0.3) is 0 Å². The van der Waals surface area contributed by atoms with Crippen molar-refractivity contribution in [3.8, 4) is 0 Å². The first kappa shape index (κ1) is 12.4. The van der Waals surface area contributed by atoms with Crippen LogP contribution < -0.4 is 10.6 Å². The summed E-state index contributed by atoms with van der Waals surface area (Å²) in [5, 5.41) is 6.94. The summed E-state index contributed by atoms with van der Waals surface area (Å²) in [6, 6.07) is 9.94. The van der Waals surface area contributed by atoms with Gasteiger partial charge in [0.15, 0.2) is 5.11 Å². The Hall–Kier alpha value is -1.62. The summed E-state index contributed by atoms with van der Waals surface area (Å²) in [6.07, 6.45) is 1.67. The summed E-state index contributed by atoms with van der Waals surface area (Å²) in [6.45, 7) is 2.58. The maximum absolute atomic E-state index is 11.4. The van der Waals surface area contributed by atoms with Crippen molar-refractivity contribution >= 4 is 28.9 Å². The molecule has 100 valence electrons.